The Morgan fingerprint density at radius 1 is 1.00 bits per heavy atom. The Hall–Kier alpha value is -1.34. The summed E-state index contributed by atoms with van der Waals surface area (Å²) in [5.41, 5.74) is 4.79. The number of halogens is 2. The molecule has 0 amide bonds. The predicted molar refractivity (Wildman–Crippen MR) is 83.9 cm³/mol. The van der Waals surface area contributed by atoms with E-state index in [9.17, 15) is 4.39 Å². The van der Waals surface area contributed by atoms with Crippen LogP contribution in [-0.4, -0.2) is 0 Å². The first kappa shape index (κ1) is 15.1. The van der Waals surface area contributed by atoms with Crippen LogP contribution in [0.2, 0.25) is 0 Å². The van der Waals surface area contributed by atoms with Crippen LogP contribution < -0.4 is 0 Å². The second-order valence-corrected chi connectivity index (χ2v) is 5.56. The normalized spacial score (nSPS) is 12.4. The van der Waals surface area contributed by atoms with Gasteiger partial charge in [-0.25, -0.2) is 4.39 Å². The van der Waals surface area contributed by atoms with Gasteiger partial charge < -0.3 is 0 Å². The van der Waals surface area contributed by atoms with Crippen molar-refractivity contribution in [2.24, 2.45) is 0 Å². The van der Waals surface area contributed by atoms with Crippen molar-refractivity contribution in [2.75, 3.05) is 0 Å². The Bertz CT molecular complexity index is 577. The minimum absolute atomic E-state index is 0.118. The predicted octanol–water partition coefficient (Wildman–Crippen LogP) is 5.47. The second-order valence-electron chi connectivity index (χ2n) is 5.04. The highest BCUT2D eigenvalue weighted by molar-refractivity contribution is 6.20. The number of benzene rings is 2. The molecule has 2 aromatic rings. The average molecular weight is 291 g/mol. The molecule has 0 aliphatic rings. The molecule has 0 N–H and O–H groups in total. The van der Waals surface area contributed by atoms with Gasteiger partial charge in [0.05, 0.1) is 5.38 Å². The molecule has 20 heavy (non-hydrogen) atoms. The Balaban J connectivity index is 2.18. The first-order chi connectivity index (χ1) is 9.63. The lowest BCUT2D eigenvalue weighted by Crippen LogP contribution is -1.99. The maximum Gasteiger partial charge on any atom is 0.123 e. The highest BCUT2D eigenvalue weighted by Gasteiger charge is 2.11. The summed E-state index contributed by atoms with van der Waals surface area (Å²) in [5, 5.41) is -0.118. The number of alkyl halides is 1. The van der Waals surface area contributed by atoms with Gasteiger partial charge in [-0.1, -0.05) is 44.2 Å². The standard InChI is InChI=1S/C18H20ClF/c1-3-14-8-9-16(12-15(14)4-2)18(19)11-13-6-5-7-17(20)10-13/h5-10,12,18H,3-4,11H2,1-2H3. The molecule has 0 bridgehead atoms. The van der Waals surface area contributed by atoms with Crippen LogP contribution in [0.25, 0.3) is 0 Å². The van der Waals surface area contributed by atoms with Crippen LogP contribution in [0.15, 0.2) is 42.5 Å². The van der Waals surface area contributed by atoms with E-state index in [2.05, 4.69) is 32.0 Å². The van der Waals surface area contributed by atoms with Crippen molar-refractivity contribution < 1.29 is 4.39 Å². The third-order valence-corrected chi connectivity index (χ3v) is 4.06. The minimum atomic E-state index is -0.207. The van der Waals surface area contributed by atoms with Gasteiger partial charge in [0, 0.05) is 0 Å². The van der Waals surface area contributed by atoms with Crippen LogP contribution in [0, 0.1) is 5.82 Å². The zero-order chi connectivity index (χ0) is 14.5. The van der Waals surface area contributed by atoms with Crippen molar-refractivity contribution in [1.29, 1.82) is 0 Å². The fraction of sp³-hybridized carbons (Fsp3) is 0.333. The molecular weight excluding hydrogens is 271 g/mol. The summed E-state index contributed by atoms with van der Waals surface area (Å²) in [6.45, 7) is 4.33. The third kappa shape index (κ3) is 3.61. The van der Waals surface area contributed by atoms with Crippen molar-refractivity contribution in [3.63, 3.8) is 0 Å². The zero-order valence-corrected chi connectivity index (χ0v) is 12.8. The summed E-state index contributed by atoms with van der Waals surface area (Å²) in [4.78, 5) is 0. The Kier molecular flexibility index (Phi) is 5.19. The molecule has 2 heteroatoms. The summed E-state index contributed by atoms with van der Waals surface area (Å²) >= 11 is 6.50. The molecule has 0 nitrogen and oxygen atoms in total. The van der Waals surface area contributed by atoms with E-state index < -0.39 is 0 Å². The highest BCUT2D eigenvalue weighted by Crippen LogP contribution is 2.27. The highest BCUT2D eigenvalue weighted by atomic mass is 35.5. The molecule has 0 fully saturated rings. The molecule has 0 saturated heterocycles. The fourth-order valence-corrected chi connectivity index (χ4v) is 2.82. The van der Waals surface area contributed by atoms with Gasteiger partial charge in [0.2, 0.25) is 0 Å². The Labute approximate surface area is 125 Å². The van der Waals surface area contributed by atoms with E-state index in [-0.39, 0.29) is 11.2 Å². The summed E-state index contributed by atoms with van der Waals surface area (Å²) in [7, 11) is 0. The summed E-state index contributed by atoms with van der Waals surface area (Å²) in [6, 6.07) is 13.1. The van der Waals surface area contributed by atoms with E-state index in [0.717, 1.165) is 24.0 Å². The summed E-state index contributed by atoms with van der Waals surface area (Å²) in [5.74, 6) is -0.207. The number of hydrogen-bond acceptors (Lipinski definition) is 0. The number of rotatable bonds is 5. The van der Waals surface area contributed by atoms with Crippen LogP contribution >= 0.6 is 11.6 Å². The van der Waals surface area contributed by atoms with Crippen LogP contribution in [0.1, 0.15) is 41.5 Å². The van der Waals surface area contributed by atoms with E-state index in [1.165, 1.54) is 17.2 Å². The minimum Gasteiger partial charge on any atom is -0.207 e. The second kappa shape index (κ2) is 6.90. The molecule has 0 heterocycles. The summed E-state index contributed by atoms with van der Waals surface area (Å²) < 4.78 is 13.2. The quantitative estimate of drug-likeness (QED) is 0.640. The van der Waals surface area contributed by atoms with Crippen LogP contribution in [-0.2, 0) is 19.3 Å². The van der Waals surface area contributed by atoms with Gasteiger partial charge in [0.25, 0.3) is 0 Å². The van der Waals surface area contributed by atoms with Crippen LogP contribution in [0.3, 0.4) is 0 Å². The SMILES string of the molecule is CCc1ccc(C(Cl)Cc2cccc(F)c2)cc1CC. The largest absolute Gasteiger partial charge is 0.207 e. The van der Waals surface area contributed by atoms with Gasteiger partial charge in [-0.05, 0) is 53.6 Å². The average Bonchev–Trinajstić information content (AvgIpc) is 2.46. The van der Waals surface area contributed by atoms with E-state index in [4.69, 9.17) is 11.6 Å². The van der Waals surface area contributed by atoms with Crippen LogP contribution in [0.4, 0.5) is 4.39 Å². The molecule has 0 aliphatic heterocycles. The molecule has 0 spiro atoms. The molecule has 0 aliphatic carbocycles. The van der Waals surface area contributed by atoms with Crippen molar-refractivity contribution in [1.82, 2.24) is 0 Å². The topological polar surface area (TPSA) is 0 Å². The molecular formula is C18H20ClF. The lowest BCUT2D eigenvalue weighted by Gasteiger charge is -2.14. The van der Waals surface area contributed by atoms with E-state index in [1.807, 2.05) is 6.07 Å². The van der Waals surface area contributed by atoms with Crippen molar-refractivity contribution in [2.45, 2.75) is 38.5 Å². The first-order valence-corrected chi connectivity index (χ1v) is 7.57. The monoisotopic (exact) mass is 290 g/mol. The van der Waals surface area contributed by atoms with Gasteiger partial charge in [0.1, 0.15) is 5.82 Å². The molecule has 106 valence electrons. The van der Waals surface area contributed by atoms with Crippen molar-refractivity contribution in [3.8, 4) is 0 Å². The molecule has 2 aromatic carbocycles. The Morgan fingerprint density at radius 2 is 1.75 bits per heavy atom. The van der Waals surface area contributed by atoms with Gasteiger partial charge in [0.15, 0.2) is 0 Å². The maximum atomic E-state index is 13.2. The molecule has 0 aromatic heterocycles. The van der Waals surface area contributed by atoms with Crippen molar-refractivity contribution in [3.05, 3.63) is 70.5 Å². The molecule has 0 saturated carbocycles. The van der Waals surface area contributed by atoms with Gasteiger partial charge >= 0.3 is 0 Å². The van der Waals surface area contributed by atoms with E-state index in [1.54, 1.807) is 12.1 Å². The van der Waals surface area contributed by atoms with Gasteiger partial charge in [-0.15, -0.1) is 11.6 Å². The van der Waals surface area contributed by atoms with Gasteiger partial charge in [-0.3, -0.25) is 0 Å². The lowest BCUT2D eigenvalue weighted by atomic mass is 9.96. The molecule has 1 atom stereocenters. The lowest BCUT2D eigenvalue weighted by molar-refractivity contribution is 0.625. The third-order valence-electron chi connectivity index (χ3n) is 3.66. The van der Waals surface area contributed by atoms with Crippen LogP contribution in [0.5, 0.6) is 0 Å². The number of aryl methyl sites for hydroxylation is 2. The summed E-state index contributed by atoms with van der Waals surface area (Å²) in [6.07, 6.45) is 2.70. The smallest absolute Gasteiger partial charge is 0.123 e. The molecule has 0 radical (unpaired) electrons. The van der Waals surface area contributed by atoms with Gasteiger partial charge in [-0.2, -0.15) is 0 Å². The fourth-order valence-electron chi connectivity index (χ4n) is 2.50. The Morgan fingerprint density at radius 3 is 2.40 bits per heavy atom. The number of hydrogen-bond donors (Lipinski definition) is 0. The zero-order valence-electron chi connectivity index (χ0n) is 12.0. The van der Waals surface area contributed by atoms with Crippen molar-refractivity contribution >= 4 is 11.6 Å². The maximum absolute atomic E-state index is 13.2. The molecule has 2 rings (SSSR count). The van der Waals surface area contributed by atoms with E-state index in [0.29, 0.717) is 6.42 Å². The first-order valence-electron chi connectivity index (χ1n) is 7.14. The van der Waals surface area contributed by atoms with E-state index >= 15 is 0 Å². The molecule has 1 unspecified atom stereocenters.